The minimum atomic E-state index is -0.413. The lowest BCUT2D eigenvalue weighted by atomic mass is 10.1. The molecule has 0 radical (unpaired) electrons. The molecule has 0 unspecified atom stereocenters. The van der Waals surface area contributed by atoms with Gasteiger partial charge in [0.05, 0.1) is 0 Å². The molecule has 0 saturated heterocycles. The monoisotopic (exact) mass is 339 g/mol. The van der Waals surface area contributed by atoms with Crippen molar-refractivity contribution in [2.45, 2.75) is 20.0 Å². The largest absolute Gasteiger partial charge is 0.386 e. The van der Waals surface area contributed by atoms with Gasteiger partial charge in [0.1, 0.15) is 11.6 Å². The molecule has 0 aromatic heterocycles. The Morgan fingerprint density at radius 3 is 2.58 bits per heavy atom. The lowest BCUT2D eigenvalue weighted by molar-refractivity contribution is -0.117. The van der Waals surface area contributed by atoms with E-state index in [4.69, 9.17) is 16.9 Å². The number of halogens is 1. The Labute approximate surface area is 146 Å². The number of nitrogens with one attached hydrogen (secondary N) is 2. The molecule has 4 nitrogen and oxygen atoms in total. The maximum atomic E-state index is 12.0. The van der Waals surface area contributed by atoms with E-state index in [1.807, 2.05) is 49.4 Å². The van der Waals surface area contributed by atoms with Crippen LogP contribution in [0.2, 0.25) is 5.02 Å². The third kappa shape index (κ3) is 5.45. The van der Waals surface area contributed by atoms with Crippen LogP contribution in [0.5, 0.6) is 0 Å². The molecule has 0 fully saturated rings. The van der Waals surface area contributed by atoms with E-state index in [0.29, 0.717) is 18.1 Å². The van der Waals surface area contributed by atoms with E-state index in [0.717, 1.165) is 11.1 Å². The molecule has 2 aromatic carbocycles. The van der Waals surface area contributed by atoms with Crippen molar-refractivity contribution in [2.75, 3.05) is 0 Å². The molecule has 0 atom stereocenters. The molecule has 5 heteroatoms. The fourth-order valence-corrected chi connectivity index (χ4v) is 2.25. The SMILES string of the molecule is Cc1cccc(CN/C=C(/C#N)C(=O)NCc2ccc(Cl)cc2)c1. The molecule has 0 bridgehead atoms. The number of amides is 1. The Morgan fingerprint density at radius 2 is 1.92 bits per heavy atom. The second-order valence-corrected chi connectivity index (χ2v) is 5.79. The zero-order chi connectivity index (χ0) is 17.4. The van der Waals surface area contributed by atoms with E-state index < -0.39 is 5.91 Å². The predicted molar refractivity (Wildman–Crippen MR) is 95.0 cm³/mol. The first-order chi connectivity index (χ1) is 11.6. The molecule has 0 aliphatic heterocycles. The highest BCUT2D eigenvalue weighted by molar-refractivity contribution is 6.30. The van der Waals surface area contributed by atoms with E-state index in [2.05, 4.69) is 10.6 Å². The summed E-state index contributed by atoms with van der Waals surface area (Å²) >= 11 is 5.82. The lowest BCUT2D eigenvalue weighted by Gasteiger charge is -2.06. The van der Waals surface area contributed by atoms with Crippen LogP contribution in [-0.2, 0) is 17.9 Å². The molecule has 0 saturated carbocycles. The van der Waals surface area contributed by atoms with Crippen LogP contribution in [0.3, 0.4) is 0 Å². The van der Waals surface area contributed by atoms with Crippen molar-refractivity contribution >= 4 is 17.5 Å². The summed E-state index contributed by atoms with van der Waals surface area (Å²) in [5.41, 5.74) is 3.21. The second-order valence-electron chi connectivity index (χ2n) is 5.35. The first-order valence-corrected chi connectivity index (χ1v) is 7.88. The van der Waals surface area contributed by atoms with Crippen LogP contribution in [-0.4, -0.2) is 5.91 Å². The molecule has 2 aromatic rings. The molecule has 0 spiro atoms. The minimum absolute atomic E-state index is 0.0385. The molecule has 24 heavy (non-hydrogen) atoms. The number of aryl methyl sites for hydroxylation is 1. The number of hydrogen-bond donors (Lipinski definition) is 2. The number of nitrogens with zero attached hydrogens (tertiary/aromatic N) is 1. The maximum absolute atomic E-state index is 12.0. The molecular formula is C19H18ClN3O. The molecule has 2 rings (SSSR count). The van der Waals surface area contributed by atoms with E-state index in [1.54, 1.807) is 12.1 Å². The predicted octanol–water partition coefficient (Wildman–Crippen LogP) is 3.46. The third-order valence-corrected chi connectivity index (χ3v) is 3.62. The van der Waals surface area contributed by atoms with E-state index in [-0.39, 0.29) is 5.57 Å². The summed E-state index contributed by atoms with van der Waals surface area (Å²) in [6, 6.07) is 17.1. The zero-order valence-corrected chi connectivity index (χ0v) is 14.1. The number of nitriles is 1. The molecule has 0 aliphatic carbocycles. The first kappa shape index (κ1) is 17.6. The van der Waals surface area contributed by atoms with Crippen molar-refractivity contribution in [3.63, 3.8) is 0 Å². The van der Waals surface area contributed by atoms with E-state index >= 15 is 0 Å². The van der Waals surface area contributed by atoms with Gasteiger partial charge in [-0.25, -0.2) is 0 Å². The van der Waals surface area contributed by atoms with Gasteiger partial charge < -0.3 is 10.6 Å². The highest BCUT2D eigenvalue weighted by atomic mass is 35.5. The van der Waals surface area contributed by atoms with Crippen LogP contribution in [0.1, 0.15) is 16.7 Å². The Bertz CT molecular complexity index is 776. The highest BCUT2D eigenvalue weighted by Crippen LogP contribution is 2.09. The quantitative estimate of drug-likeness (QED) is 0.625. The van der Waals surface area contributed by atoms with Crippen LogP contribution in [0.4, 0.5) is 0 Å². The average molecular weight is 340 g/mol. The molecule has 0 aliphatic rings. The van der Waals surface area contributed by atoms with Crippen molar-refractivity contribution in [3.8, 4) is 6.07 Å². The summed E-state index contributed by atoms with van der Waals surface area (Å²) < 4.78 is 0. The molecule has 0 heterocycles. The Hall–Kier alpha value is -2.77. The number of carbonyl (C=O) groups is 1. The van der Waals surface area contributed by atoms with Gasteiger partial charge >= 0.3 is 0 Å². The van der Waals surface area contributed by atoms with Gasteiger partial charge in [-0.1, -0.05) is 53.6 Å². The van der Waals surface area contributed by atoms with Gasteiger partial charge in [0.25, 0.3) is 5.91 Å². The molecule has 1 amide bonds. The van der Waals surface area contributed by atoms with Crippen LogP contribution >= 0.6 is 11.6 Å². The summed E-state index contributed by atoms with van der Waals surface area (Å²) in [5.74, 6) is -0.413. The van der Waals surface area contributed by atoms with Gasteiger partial charge in [0.2, 0.25) is 0 Å². The highest BCUT2D eigenvalue weighted by Gasteiger charge is 2.08. The number of benzene rings is 2. The van der Waals surface area contributed by atoms with Crippen LogP contribution < -0.4 is 10.6 Å². The minimum Gasteiger partial charge on any atom is -0.386 e. The van der Waals surface area contributed by atoms with Gasteiger partial charge in [-0.05, 0) is 30.2 Å². The summed E-state index contributed by atoms with van der Waals surface area (Å²) in [5, 5.41) is 15.5. The van der Waals surface area contributed by atoms with E-state index in [1.165, 1.54) is 11.8 Å². The number of hydrogen-bond acceptors (Lipinski definition) is 3. The number of carbonyl (C=O) groups excluding carboxylic acids is 1. The van der Waals surface area contributed by atoms with Gasteiger partial charge in [-0.3, -0.25) is 4.79 Å². The Kier molecular flexibility index (Phi) is 6.41. The summed E-state index contributed by atoms with van der Waals surface area (Å²) in [7, 11) is 0. The van der Waals surface area contributed by atoms with Crippen LogP contribution in [0.25, 0.3) is 0 Å². The normalized spacial score (nSPS) is 10.8. The fourth-order valence-electron chi connectivity index (χ4n) is 2.12. The second kappa shape index (κ2) is 8.76. The molecule has 122 valence electrons. The van der Waals surface area contributed by atoms with Crippen LogP contribution in [0.15, 0.2) is 60.3 Å². The maximum Gasteiger partial charge on any atom is 0.263 e. The van der Waals surface area contributed by atoms with Crippen molar-refractivity contribution in [2.24, 2.45) is 0 Å². The topological polar surface area (TPSA) is 64.9 Å². The summed E-state index contributed by atoms with van der Waals surface area (Å²) in [6.45, 7) is 2.91. The van der Waals surface area contributed by atoms with Gasteiger partial charge in [-0.2, -0.15) is 5.26 Å². The Balaban J connectivity index is 1.88. The molecule has 2 N–H and O–H groups in total. The summed E-state index contributed by atoms with van der Waals surface area (Å²) in [6.07, 6.45) is 1.44. The van der Waals surface area contributed by atoms with Crippen molar-refractivity contribution in [1.29, 1.82) is 5.26 Å². The van der Waals surface area contributed by atoms with Gasteiger partial charge in [0.15, 0.2) is 0 Å². The fraction of sp³-hybridized carbons (Fsp3) is 0.158. The third-order valence-electron chi connectivity index (χ3n) is 3.37. The lowest BCUT2D eigenvalue weighted by Crippen LogP contribution is -2.25. The smallest absolute Gasteiger partial charge is 0.263 e. The average Bonchev–Trinajstić information content (AvgIpc) is 2.58. The molecular weight excluding hydrogens is 322 g/mol. The summed E-state index contributed by atoms with van der Waals surface area (Å²) in [4.78, 5) is 12.0. The number of rotatable bonds is 6. The van der Waals surface area contributed by atoms with Crippen molar-refractivity contribution in [3.05, 3.63) is 82.0 Å². The van der Waals surface area contributed by atoms with Crippen LogP contribution in [0, 0.1) is 18.3 Å². The van der Waals surface area contributed by atoms with Gasteiger partial charge in [0, 0.05) is 24.3 Å². The zero-order valence-electron chi connectivity index (χ0n) is 13.3. The standard InChI is InChI=1S/C19H18ClN3O/c1-14-3-2-4-16(9-14)11-22-13-17(10-21)19(24)23-12-15-5-7-18(20)8-6-15/h2-9,13,22H,11-12H2,1H3,(H,23,24)/b17-13-. The Morgan fingerprint density at radius 1 is 1.17 bits per heavy atom. The van der Waals surface area contributed by atoms with Crippen molar-refractivity contribution in [1.82, 2.24) is 10.6 Å². The van der Waals surface area contributed by atoms with Gasteiger partial charge in [-0.15, -0.1) is 0 Å². The first-order valence-electron chi connectivity index (χ1n) is 7.50. The van der Waals surface area contributed by atoms with Crippen molar-refractivity contribution < 1.29 is 4.79 Å². The van der Waals surface area contributed by atoms with E-state index in [9.17, 15) is 4.79 Å².